The third kappa shape index (κ3) is 4.20. The number of H-pyrrole nitrogens is 1. The molecule has 0 aliphatic rings. The van der Waals surface area contributed by atoms with E-state index in [1.54, 1.807) is 32.0 Å². The molecule has 0 radical (unpaired) electrons. The van der Waals surface area contributed by atoms with E-state index >= 15 is 0 Å². The number of nitrogens with zero attached hydrogens (tertiary/aromatic N) is 1. The fraction of sp³-hybridized carbons (Fsp3) is 0.278. The molecule has 25 heavy (non-hydrogen) atoms. The van der Waals surface area contributed by atoms with E-state index in [9.17, 15) is 9.59 Å². The molecule has 7 heteroatoms. The van der Waals surface area contributed by atoms with Crippen LogP contribution in [0.5, 0.6) is 5.75 Å². The molecule has 0 spiro atoms. The lowest BCUT2D eigenvalue weighted by molar-refractivity contribution is -0.116. The van der Waals surface area contributed by atoms with Gasteiger partial charge in [-0.05, 0) is 43.5 Å². The molecule has 1 heterocycles. The van der Waals surface area contributed by atoms with E-state index in [1.165, 1.54) is 7.11 Å². The summed E-state index contributed by atoms with van der Waals surface area (Å²) in [5, 5.41) is 12.2. The highest BCUT2D eigenvalue weighted by molar-refractivity contribution is 6.33. The molecular weight excluding hydrogens is 342 g/mol. The second-order valence-electron chi connectivity index (χ2n) is 5.56. The van der Waals surface area contributed by atoms with Crippen molar-refractivity contribution in [2.45, 2.75) is 26.7 Å². The van der Waals surface area contributed by atoms with E-state index in [4.69, 9.17) is 21.6 Å². The normalized spacial score (nSPS) is 10.2. The van der Waals surface area contributed by atoms with Crippen LogP contribution in [0, 0.1) is 25.2 Å². The summed E-state index contributed by atoms with van der Waals surface area (Å²) in [7, 11) is 1.54. The zero-order chi connectivity index (χ0) is 18.6. The number of methoxy groups -OCH3 is 1. The number of hydrogen-bond donors (Lipinski definition) is 2. The molecule has 130 valence electrons. The van der Waals surface area contributed by atoms with Crippen LogP contribution in [0.2, 0.25) is 5.02 Å². The first-order valence-electron chi connectivity index (χ1n) is 7.63. The number of ether oxygens (including phenoxy) is 1. The van der Waals surface area contributed by atoms with Crippen LogP contribution in [0.15, 0.2) is 23.0 Å². The zero-order valence-electron chi connectivity index (χ0n) is 14.2. The predicted molar refractivity (Wildman–Crippen MR) is 96.2 cm³/mol. The van der Waals surface area contributed by atoms with Crippen LogP contribution in [0.4, 0.5) is 5.69 Å². The summed E-state index contributed by atoms with van der Waals surface area (Å²) < 4.78 is 5.07. The molecule has 0 saturated heterocycles. The third-order valence-corrected chi connectivity index (χ3v) is 4.29. The van der Waals surface area contributed by atoms with Crippen molar-refractivity contribution in [3.8, 4) is 11.8 Å². The van der Waals surface area contributed by atoms with Gasteiger partial charge in [0, 0.05) is 18.2 Å². The van der Waals surface area contributed by atoms with E-state index < -0.39 is 5.56 Å². The van der Waals surface area contributed by atoms with Gasteiger partial charge in [-0.2, -0.15) is 5.26 Å². The minimum atomic E-state index is -0.407. The minimum Gasteiger partial charge on any atom is -0.497 e. The molecule has 0 fully saturated rings. The fourth-order valence-electron chi connectivity index (χ4n) is 2.60. The topological polar surface area (TPSA) is 95.0 Å². The van der Waals surface area contributed by atoms with Crippen LogP contribution >= 0.6 is 11.6 Å². The summed E-state index contributed by atoms with van der Waals surface area (Å²) in [6, 6.07) is 6.90. The molecular formula is C18H18ClN3O3. The Morgan fingerprint density at radius 3 is 2.72 bits per heavy atom. The Bertz CT molecular complexity index is 913. The summed E-state index contributed by atoms with van der Waals surface area (Å²) in [6.45, 7) is 3.47. The molecule has 1 aromatic heterocycles. The largest absolute Gasteiger partial charge is 0.497 e. The average Bonchev–Trinajstić information content (AvgIpc) is 2.56. The number of halogens is 1. The number of nitrogens with one attached hydrogen (secondary N) is 2. The second kappa shape index (κ2) is 7.86. The Morgan fingerprint density at radius 1 is 1.40 bits per heavy atom. The van der Waals surface area contributed by atoms with Crippen LogP contribution in [-0.4, -0.2) is 18.0 Å². The zero-order valence-corrected chi connectivity index (χ0v) is 15.0. The van der Waals surface area contributed by atoms with Gasteiger partial charge in [0.05, 0.1) is 17.8 Å². The summed E-state index contributed by atoms with van der Waals surface area (Å²) in [4.78, 5) is 26.6. The predicted octanol–water partition coefficient (Wildman–Crippen LogP) is 3.10. The first-order chi connectivity index (χ1) is 11.9. The van der Waals surface area contributed by atoms with Crippen LogP contribution in [0.1, 0.15) is 28.8 Å². The number of carbonyl (C=O) groups is 1. The second-order valence-corrected chi connectivity index (χ2v) is 5.97. The van der Waals surface area contributed by atoms with Gasteiger partial charge in [-0.1, -0.05) is 11.6 Å². The van der Waals surface area contributed by atoms with E-state index in [2.05, 4.69) is 10.3 Å². The van der Waals surface area contributed by atoms with Gasteiger partial charge in [0.15, 0.2) is 0 Å². The number of nitriles is 1. The Hall–Kier alpha value is -2.78. The first-order valence-corrected chi connectivity index (χ1v) is 8.01. The molecule has 0 aliphatic heterocycles. The number of hydrogen-bond acceptors (Lipinski definition) is 4. The maximum atomic E-state index is 12.2. The molecule has 2 N–H and O–H groups in total. The molecule has 0 bridgehead atoms. The number of aromatic nitrogens is 1. The van der Waals surface area contributed by atoms with Crippen molar-refractivity contribution in [2.24, 2.45) is 0 Å². The molecule has 0 saturated carbocycles. The van der Waals surface area contributed by atoms with Gasteiger partial charge in [-0.25, -0.2) is 0 Å². The highest BCUT2D eigenvalue weighted by Crippen LogP contribution is 2.26. The van der Waals surface area contributed by atoms with Crippen LogP contribution in [-0.2, 0) is 11.2 Å². The number of aromatic amines is 1. The van der Waals surface area contributed by atoms with Crippen molar-refractivity contribution >= 4 is 23.2 Å². The van der Waals surface area contributed by atoms with Crippen molar-refractivity contribution in [3.63, 3.8) is 0 Å². The summed E-state index contributed by atoms with van der Waals surface area (Å²) >= 11 is 6.11. The molecule has 0 aliphatic carbocycles. The van der Waals surface area contributed by atoms with Gasteiger partial charge in [-0.3, -0.25) is 9.59 Å². The number of rotatable bonds is 5. The Kier molecular flexibility index (Phi) is 5.84. The number of amides is 1. The van der Waals surface area contributed by atoms with Gasteiger partial charge in [0.25, 0.3) is 5.56 Å². The van der Waals surface area contributed by atoms with E-state index in [-0.39, 0.29) is 17.9 Å². The van der Waals surface area contributed by atoms with E-state index in [0.717, 1.165) is 5.56 Å². The summed E-state index contributed by atoms with van der Waals surface area (Å²) in [5.41, 5.74) is 2.25. The molecule has 2 rings (SSSR count). The molecule has 0 atom stereocenters. The lowest BCUT2D eigenvalue weighted by Crippen LogP contribution is -2.18. The quantitative estimate of drug-likeness (QED) is 0.857. The van der Waals surface area contributed by atoms with E-state index in [1.807, 2.05) is 6.07 Å². The highest BCUT2D eigenvalue weighted by Gasteiger charge is 2.14. The number of benzene rings is 1. The number of anilines is 1. The van der Waals surface area contributed by atoms with Crippen molar-refractivity contribution in [2.75, 3.05) is 12.4 Å². The smallest absolute Gasteiger partial charge is 0.266 e. The SMILES string of the molecule is COc1ccc(NC(=O)CCc2c(C)[nH]c(=O)c(C#N)c2C)c(Cl)c1. The van der Waals surface area contributed by atoms with Crippen molar-refractivity contribution < 1.29 is 9.53 Å². The van der Waals surface area contributed by atoms with Gasteiger partial charge in [0.2, 0.25) is 5.91 Å². The molecule has 1 aromatic carbocycles. The van der Waals surface area contributed by atoms with Crippen molar-refractivity contribution in [1.82, 2.24) is 4.98 Å². The van der Waals surface area contributed by atoms with Crippen LogP contribution in [0.3, 0.4) is 0 Å². The number of pyridine rings is 1. The third-order valence-electron chi connectivity index (χ3n) is 3.97. The maximum Gasteiger partial charge on any atom is 0.266 e. The van der Waals surface area contributed by atoms with Gasteiger partial charge in [-0.15, -0.1) is 0 Å². The average molecular weight is 360 g/mol. The fourth-order valence-corrected chi connectivity index (χ4v) is 2.81. The Morgan fingerprint density at radius 2 is 2.12 bits per heavy atom. The van der Waals surface area contributed by atoms with Crippen LogP contribution in [0.25, 0.3) is 0 Å². The molecule has 6 nitrogen and oxygen atoms in total. The van der Waals surface area contributed by atoms with E-state index in [0.29, 0.717) is 34.1 Å². The standard InChI is InChI=1S/C18H18ClN3O3/c1-10-13(11(2)21-18(24)14(10)9-20)5-7-17(23)22-16-6-4-12(25-3)8-15(16)19/h4,6,8H,5,7H2,1-3H3,(H,21,24)(H,22,23). The lowest BCUT2D eigenvalue weighted by atomic mass is 9.99. The maximum absolute atomic E-state index is 12.2. The van der Waals surface area contributed by atoms with Gasteiger partial charge in [0.1, 0.15) is 17.4 Å². The van der Waals surface area contributed by atoms with Crippen LogP contribution < -0.4 is 15.6 Å². The Balaban J connectivity index is 2.11. The number of aryl methyl sites for hydroxylation is 1. The minimum absolute atomic E-state index is 0.0826. The van der Waals surface area contributed by atoms with Crippen molar-refractivity contribution in [1.29, 1.82) is 5.26 Å². The van der Waals surface area contributed by atoms with Crippen molar-refractivity contribution in [3.05, 3.63) is 56.0 Å². The summed E-state index contributed by atoms with van der Waals surface area (Å²) in [6.07, 6.45) is 0.601. The highest BCUT2D eigenvalue weighted by atomic mass is 35.5. The lowest BCUT2D eigenvalue weighted by Gasteiger charge is -2.12. The first kappa shape index (κ1) is 18.6. The molecule has 1 amide bonds. The summed E-state index contributed by atoms with van der Waals surface area (Å²) in [5.74, 6) is 0.391. The monoisotopic (exact) mass is 359 g/mol. The molecule has 2 aromatic rings. The van der Waals surface area contributed by atoms with Gasteiger partial charge >= 0.3 is 0 Å². The van der Waals surface area contributed by atoms with Gasteiger partial charge < -0.3 is 15.0 Å². The Labute approximate surface area is 150 Å². The molecule has 0 unspecified atom stereocenters. The number of carbonyl (C=O) groups excluding carboxylic acids is 1.